The van der Waals surface area contributed by atoms with Crippen molar-refractivity contribution in [3.05, 3.63) is 53.6 Å². The van der Waals surface area contributed by atoms with Crippen molar-refractivity contribution in [1.29, 1.82) is 0 Å². The zero-order valence-electron chi connectivity index (χ0n) is 16.3. The molecule has 1 aliphatic heterocycles. The molecule has 1 fully saturated rings. The average Bonchev–Trinajstić information content (AvgIpc) is 2.73. The second kappa shape index (κ2) is 9.47. The first-order valence-corrected chi connectivity index (χ1v) is 13.0. The van der Waals surface area contributed by atoms with E-state index in [0.29, 0.717) is 23.8 Å². The van der Waals surface area contributed by atoms with Gasteiger partial charge in [0.15, 0.2) is 9.84 Å². The van der Waals surface area contributed by atoms with Gasteiger partial charge in [0.2, 0.25) is 15.9 Å². The molecule has 0 saturated carbocycles. The van der Waals surface area contributed by atoms with Crippen molar-refractivity contribution in [3.8, 4) is 0 Å². The van der Waals surface area contributed by atoms with E-state index in [1.807, 2.05) is 0 Å². The van der Waals surface area contributed by atoms with Gasteiger partial charge in [-0.2, -0.15) is 4.31 Å². The molecule has 2 aromatic rings. The van der Waals surface area contributed by atoms with Crippen LogP contribution in [0.4, 0.5) is 5.69 Å². The van der Waals surface area contributed by atoms with E-state index in [-0.39, 0.29) is 22.0 Å². The maximum atomic E-state index is 12.8. The van der Waals surface area contributed by atoms with Crippen molar-refractivity contribution >= 4 is 43.1 Å². The Bertz CT molecular complexity index is 1110. The average molecular weight is 471 g/mol. The molecule has 1 aliphatic rings. The molecule has 1 amide bonds. The highest BCUT2D eigenvalue weighted by Gasteiger charge is 2.26. The second-order valence-corrected chi connectivity index (χ2v) is 11.5. The molecule has 3 rings (SSSR count). The normalized spacial score (nSPS) is 15.6. The van der Waals surface area contributed by atoms with Crippen molar-refractivity contribution in [1.82, 2.24) is 4.31 Å². The van der Waals surface area contributed by atoms with Gasteiger partial charge in [-0.1, -0.05) is 24.1 Å². The van der Waals surface area contributed by atoms with Crippen LogP contribution in [0.2, 0.25) is 5.02 Å². The highest BCUT2D eigenvalue weighted by atomic mass is 35.5. The van der Waals surface area contributed by atoms with Gasteiger partial charge in [0.25, 0.3) is 0 Å². The van der Waals surface area contributed by atoms with Gasteiger partial charge in [0, 0.05) is 30.2 Å². The molecule has 1 N–H and O–H groups in total. The number of piperidine rings is 1. The van der Waals surface area contributed by atoms with Gasteiger partial charge in [-0.05, 0) is 55.3 Å². The summed E-state index contributed by atoms with van der Waals surface area (Å²) in [5, 5.41) is 3.01. The smallest absolute Gasteiger partial charge is 0.243 e. The maximum Gasteiger partial charge on any atom is 0.243 e. The fourth-order valence-corrected chi connectivity index (χ4v) is 6.13. The lowest BCUT2D eigenvalue weighted by atomic mass is 10.2. The number of hydrogen-bond donors (Lipinski definition) is 1. The van der Waals surface area contributed by atoms with Crippen molar-refractivity contribution in [2.24, 2.45) is 0 Å². The van der Waals surface area contributed by atoms with Crippen LogP contribution in [0.1, 0.15) is 25.7 Å². The standard InChI is InChI=1S/C20H23ClN2O5S2/c21-16-7-9-18(10-8-16)29(25,26)14-11-20(24)22-17-5-4-6-19(15-17)30(27,28)23-12-2-1-3-13-23/h4-10,15H,1-3,11-14H2,(H,22,24). The van der Waals surface area contributed by atoms with Crippen molar-refractivity contribution < 1.29 is 21.6 Å². The van der Waals surface area contributed by atoms with Crippen molar-refractivity contribution in [2.45, 2.75) is 35.5 Å². The second-order valence-electron chi connectivity index (χ2n) is 7.06. The number of benzene rings is 2. The summed E-state index contributed by atoms with van der Waals surface area (Å²) in [6.07, 6.45) is 2.42. The first kappa shape index (κ1) is 22.7. The molecule has 1 saturated heterocycles. The van der Waals surface area contributed by atoms with Crippen LogP contribution in [-0.2, 0) is 24.7 Å². The van der Waals surface area contributed by atoms with Crippen LogP contribution in [0.25, 0.3) is 0 Å². The van der Waals surface area contributed by atoms with Crippen LogP contribution < -0.4 is 5.32 Å². The summed E-state index contributed by atoms with van der Waals surface area (Å²) in [6.45, 7) is 0.975. The Morgan fingerprint density at radius 1 is 0.933 bits per heavy atom. The fraction of sp³-hybridized carbons (Fsp3) is 0.350. The molecule has 0 radical (unpaired) electrons. The molecular weight excluding hydrogens is 448 g/mol. The van der Waals surface area contributed by atoms with E-state index in [0.717, 1.165) is 19.3 Å². The van der Waals surface area contributed by atoms with E-state index in [1.165, 1.54) is 40.7 Å². The minimum atomic E-state index is -3.63. The van der Waals surface area contributed by atoms with Gasteiger partial charge in [-0.15, -0.1) is 0 Å². The van der Waals surface area contributed by atoms with Gasteiger partial charge in [0.1, 0.15) is 0 Å². The minimum absolute atomic E-state index is 0.0920. The Kier molecular flexibility index (Phi) is 7.18. The topological polar surface area (TPSA) is 101 Å². The number of carbonyl (C=O) groups excluding carboxylic acids is 1. The Labute approximate surface area is 182 Å². The number of sulfonamides is 1. The van der Waals surface area contributed by atoms with Crippen LogP contribution in [0.5, 0.6) is 0 Å². The zero-order valence-corrected chi connectivity index (χ0v) is 18.6. The number of anilines is 1. The lowest BCUT2D eigenvalue weighted by molar-refractivity contribution is -0.115. The van der Waals surface area contributed by atoms with Gasteiger partial charge in [-0.3, -0.25) is 4.79 Å². The molecule has 0 atom stereocenters. The van der Waals surface area contributed by atoms with E-state index in [4.69, 9.17) is 11.6 Å². The molecule has 0 spiro atoms. The van der Waals surface area contributed by atoms with Gasteiger partial charge in [-0.25, -0.2) is 16.8 Å². The summed E-state index contributed by atoms with van der Waals surface area (Å²) in [4.78, 5) is 12.5. The first-order valence-electron chi connectivity index (χ1n) is 9.57. The molecule has 2 aromatic carbocycles. The number of rotatable bonds is 7. The number of nitrogens with zero attached hydrogens (tertiary/aromatic N) is 1. The number of amides is 1. The summed E-state index contributed by atoms with van der Waals surface area (Å²) in [6, 6.07) is 11.7. The third-order valence-electron chi connectivity index (χ3n) is 4.84. The van der Waals surface area contributed by atoms with Gasteiger partial charge < -0.3 is 5.32 Å². The molecule has 0 bridgehead atoms. The summed E-state index contributed by atoms with van der Waals surface area (Å²) >= 11 is 5.77. The highest BCUT2D eigenvalue weighted by Crippen LogP contribution is 2.23. The number of hydrogen-bond acceptors (Lipinski definition) is 5. The predicted octanol–water partition coefficient (Wildman–Crippen LogP) is 3.32. The minimum Gasteiger partial charge on any atom is -0.326 e. The lowest BCUT2D eigenvalue weighted by Crippen LogP contribution is -2.35. The summed E-state index contributed by atoms with van der Waals surface area (Å²) in [5.41, 5.74) is 0.307. The van der Waals surface area contributed by atoms with Crippen LogP contribution in [0.15, 0.2) is 58.3 Å². The molecule has 10 heteroatoms. The van der Waals surface area contributed by atoms with E-state index in [2.05, 4.69) is 5.32 Å². The van der Waals surface area contributed by atoms with Crippen LogP contribution in [0.3, 0.4) is 0 Å². The quantitative estimate of drug-likeness (QED) is 0.669. The summed E-state index contributed by atoms with van der Waals surface area (Å²) in [7, 11) is -7.25. The Hall–Kier alpha value is -1.94. The zero-order chi connectivity index (χ0) is 21.8. The largest absolute Gasteiger partial charge is 0.326 e. The molecule has 0 aliphatic carbocycles. The SMILES string of the molecule is O=C(CCS(=O)(=O)c1ccc(Cl)cc1)Nc1cccc(S(=O)(=O)N2CCCCC2)c1. The molecule has 30 heavy (non-hydrogen) atoms. The van der Waals surface area contributed by atoms with Crippen LogP contribution in [-0.4, -0.2) is 45.9 Å². The van der Waals surface area contributed by atoms with E-state index >= 15 is 0 Å². The lowest BCUT2D eigenvalue weighted by Gasteiger charge is -2.26. The third-order valence-corrected chi connectivity index (χ3v) is 8.72. The fourth-order valence-electron chi connectivity index (χ4n) is 3.20. The Morgan fingerprint density at radius 3 is 2.27 bits per heavy atom. The van der Waals surface area contributed by atoms with Crippen LogP contribution >= 0.6 is 11.6 Å². The summed E-state index contributed by atoms with van der Waals surface area (Å²) < 4.78 is 51.7. The third kappa shape index (κ3) is 5.60. The van der Waals surface area contributed by atoms with E-state index < -0.39 is 25.8 Å². The molecule has 0 aromatic heterocycles. The highest BCUT2D eigenvalue weighted by molar-refractivity contribution is 7.91. The van der Waals surface area contributed by atoms with E-state index in [9.17, 15) is 21.6 Å². The predicted molar refractivity (Wildman–Crippen MR) is 116 cm³/mol. The van der Waals surface area contributed by atoms with Crippen molar-refractivity contribution in [3.63, 3.8) is 0 Å². The van der Waals surface area contributed by atoms with Crippen molar-refractivity contribution in [2.75, 3.05) is 24.2 Å². The van der Waals surface area contributed by atoms with Crippen LogP contribution in [0, 0.1) is 0 Å². The van der Waals surface area contributed by atoms with Gasteiger partial charge >= 0.3 is 0 Å². The first-order chi connectivity index (χ1) is 14.2. The monoisotopic (exact) mass is 470 g/mol. The Balaban J connectivity index is 1.64. The molecular formula is C20H23ClN2O5S2. The summed E-state index contributed by atoms with van der Waals surface area (Å²) in [5.74, 6) is -0.883. The number of halogens is 1. The van der Waals surface area contributed by atoms with Gasteiger partial charge in [0.05, 0.1) is 15.5 Å². The number of sulfone groups is 1. The Morgan fingerprint density at radius 2 is 1.60 bits per heavy atom. The number of carbonyl (C=O) groups is 1. The molecule has 162 valence electrons. The number of nitrogens with one attached hydrogen (secondary N) is 1. The molecule has 7 nitrogen and oxygen atoms in total. The van der Waals surface area contributed by atoms with E-state index in [1.54, 1.807) is 12.1 Å². The molecule has 0 unspecified atom stereocenters. The maximum absolute atomic E-state index is 12.8. The molecule has 1 heterocycles.